The molecule has 0 spiro atoms. The molecule has 4 aromatic rings. The molecule has 3 N–H and O–H groups in total. The fourth-order valence-electron chi connectivity index (χ4n) is 4.05. The van der Waals surface area contributed by atoms with Crippen LogP contribution in [0.15, 0.2) is 48.9 Å². The normalized spacial score (nSPS) is 17.2. The number of nitrogens with zero attached hydrogens (tertiary/aromatic N) is 5. The predicted octanol–water partition coefficient (Wildman–Crippen LogP) is 3.53. The lowest BCUT2D eigenvalue weighted by atomic mass is 10.0. The summed E-state index contributed by atoms with van der Waals surface area (Å²) in [5, 5.41) is 17.9. The zero-order chi connectivity index (χ0) is 22.4. The molecule has 0 unspecified atom stereocenters. The molecule has 0 aliphatic heterocycles. The minimum absolute atomic E-state index is 0.0504. The number of hydrogen-bond donors (Lipinski definition) is 2. The van der Waals surface area contributed by atoms with Crippen molar-refractivity contribution in [2.45, 2.75) is 19.3 Å². The quantitative estimate of drug-likeness (QED) is 0.518. The molecule has 1 fully saturated rings. The number of amides is 1. The Morgan fingerprint density at radius 1 is 1.28 bits per heavy atom. The number of carbonyl (C=O) groups excluding carboxylic acids is 1. The summed E-state index contributed by atoms with van der Waals surface area (Å²) in [7, 11) is 1.87. The smallest absolute Gasteiger partial charge is 0.229 e. The first kappa shape index (κ1) is 19.7. The molecule has 32 heavy (non-hydrogen) atoms. The molecule has 1 saturated carbocycles. The number of nitrogens with one attached hydrogen (secondary N) is 1. The molecule has 158 valence electrons. The van der Waals surface area contributed by atoms with Crippen molar-refractivity contribution in [3.05, 3.63) is 65.6 Å². The Kier molecular flexibility index (Phi) is 4.59. The molecular formula is C24H21N7O. The van der Waals surface area contributed by atoms with Gasteiger partial charge in [0.15, 0.2) is 0 Å². The van der Waals surface area contributed by atoms with Gasteiger partial charge in [0.2, 0.25) is 5.91 Å². The summed E-state index contributed by atoms with van der Waals surface area (Å²) in [4.78, 5) is 21.6. The van der Waals surface area contributed by atoms with Gasteiger partial charge in [-0.1, -0.05) is 6.07 Å². The maximum Gasteiger partial charge on any atom is 0.229 e. The van der Waals surface area contributed by atoms with E-state index in [0.29, 0.717) is 28.3 Å². The summed E-state index contributed by atoms with van der Waals surface area (Å²) < 4.78 is 1.75. The van der Waals surface area contributed by atoms with Crippen LogP contribution in [0.5, 0.6) is 0 Å². The van der Waals surface area contributed by atoms with Crippen LogP contribution in [0.4, 0.5) is 11.6 Å². The van der Waals surface area contributed by atoms with Crippen LogP contribution in [-0.2, 0) is 11.8 Å². The minimum Gasteiger partial charge on any atom is -0.383 e. The lowest BCUT2D eigenvalue weighted by Gasteiger charge is -2.11. The van der Waals surface area contributed by atoms with Crippen molar-refractivity contribution < 1.29 is 4.79 Å². The Labute approximate surface area is 184 Å². The molecule has 3 aromatic heterocycles. The Morgan fingerprint density at radius 2 is 2.12 bits per heavy atom. The lowest BCUT2D eigenvalue weighted by molar-refractivity contribution is -0.117. The third kappa shape index (κ3) is 3.54. The van der Waals surface area contributed by atoms with Gasteiger partial charge in [0.05, 0.1) is 23.5 Å². The summed E-state index contributed by atoms with van der Waals surface area (Å²) in [6.45, 7) is 1.96. The predicted molar refractivity (Wildman–Crippen MR) is 122 cm³/mol. The topological polar surface area (TPSA) is 123 Å². The highest BCUT2D eigenvalue weighted by Gasteiger charge is 2.44. The van der Waals surface area contributed by atoms with Crippen LogP contribution in [0.25, 0.3) is 22.0 Å². The third-order valence-electron chi connectivity index (χ3n) is 5.92. The van der Waals surface area contributed by atoms with Crippen molar-refractivity contribution >= 4 is 28.3 Å². The van der Waals surface area contributed by atoms with Gasteiger partial charge in [-0.05, 0) is 60.0 Å². The van der Waals surface area contributed by atoms with Crippen molar-refractivity contribution in [3.8, 4) is 17.3 Å². The molecular weight excluding hydrogens is 402 g/mol. The van der Waals surface area contributed by atoms with Crippen LogP contribution in [-0.4, -0.2) is 25.7 Å². The van der Waals surface area contributed by atoms with Gasteiger partial charge in [0.25, 0.3) is 0 Å². The van der Waals surface area contributed by atoms with E-state index >= 15 is 0 Å². The lowest BCUT2D eigenvalue weighted by Crippen LogP contribution is -2.15. The van der Waals surface area contributed by atoms with Crippen molar-refractivity contribution in [3.63, 3.8) is 0 Å². The van der Waals surface area contributed by atoms with Crippen LogP contribution in [0, 0.1) is 24.2 Å². The average molecular weight is 423 g/mol. The first-order valence-corrected chi connectivity index (χ1v) is 10.3. The van der Waals surface area contributed by atoms with E-state index in [9.17, 15) is 10.1 Å². The molecule has 2 atom stereocenters. The number of nitriles is 1. The van der Waals surface area contributed by atoms with Crippen molar-refractivity contribution in [1.82, 2.24) is 19.7 Å². The van der Waals surface area contributed by atoms with Gasteiger partial charge < -0.3 is 11.1 Å². The summed E-state index contributed by atoms with van der Waals surface area (Å²) in [5.41, 5.74) is 10.3. The molecule has 1 aliphatic carbocycles. The molecule has 5 rings (SSSR count). The number of anilines is 2. The second kappa shape index (κ2) is 7.46. The van der Waals surface area contributed by atoms with Crippen LogP contribution < -0.4 is 11.1 Å². The van der Waals surface area contributed by atoms with Crippen molar-refractivity contribution in [2.75, 3.05) is 11.1 Å². The van der Waals surface area contributed by atoms with Gasteiger partial charge in [-0.15, -0.1) is 0 Å². The fraction of sp³-hybridized carbons (Fsp3) is 0.208. The highest BCUT2D eigenvalue weighted by Crippen LogP contribution is 2.47. The van der Waals surface area contributed by atoms with Gasteiger partial charge in [-0.3, -0.25) is 9.48 Å². The number of hydrogen-bond acceptors (Lipinski definition) is 6. The summed E-state index contributed by atoms with van der Waals surface area (Å²) in [6.07, 6.45) is 6.20. The summed E-state index contributed by atoms with van der Waals surface area (Å²) >= 11 is 0. The van der Waals surface area contributed by atoms with Crippen LogP contribution >= 0.6 is 0 Å². The van der Waals surface area contributed by atoms with Gasteiger partial charge in [0, 0.05) is 36.3 Å². The van der Waals surface area contributed by atoms with Crippen LogP contribution in [0.3, 0.4) is 0 Å². The van der Waals surface area contributed by atoms with Gasteiger partial charge >= 0.3 is 0 Å². The molecule has 1 aliphatic rings. The molecule has 8 nitrogen and oxygen atoms in total. The van der Waals surface area contributed by atoms with Gasteiger partial charge in [0.1, 0.15) is 11.6 Å². The number of aryl methyl sites for hydroxylation is 2. The standard InChI is InChI=1S/C24H21N7O/c1-13-3-4-14(9-25)5-17(13)21-6-15-7-22(27-11-20(15)23(26)29-21)30-24(32)19-8-18(19)16-10-28-31(2)12-16/h3-7,10-12,18-19H,8H2,1-2H3,(H2,26,29)(H,27,30,32)/t18-,19+/m1/s1. The van der Waals surface area contributed by atoms with Gasteiger partial charge in [-0.25, -0.2) is 9.97 Å². The zero-order valence-electron chi connectivity index (χ0n) is 17.7. The zero-order valence-corrected chi connectivity index (χ0v) is 17.7. The number of aromatic nitrogens is 4. The summed E-state index contributed by atoms with van der Waals surface area (Å²) in [6, 6.07) is 11.3. The molecule has 0 radical (unpaired) electrons. The molecule has 1 aromatic carbocycles. The van der Waals surface area contributed by atoms with E-state index in [-0.39, 0.29) is 17.7 Å². The van der Waals surface area contributed by atoms with E-state index in [0.717, 1.165) is 28.5 Å². The maximum atomic E-state index is 12.7. The number of carbonyl (C=O) groups is 1. The van der Waals surface area contributed by atoms with E-state index in [2.05, 4.69) is 26.5 Å². The number of nitrogen functional groups attached to an aromatic ring is 1. The van der Waals surface area contributed by atoms with Crippen LogP contribution in [0.1, 0.15) is 29.0 Å². The minimum atomic E-state index is -0.0776. The number of nitrogens with two attached hydrogens (primary N) is 1. The second-order valence-electron chi connectivity index (χ2n) is 8.21. The van der Waals surface area contributed by atoms with Gasteiger partial charge in [-0.2, -0.15) is 10.4 Å². The Bertz CT molecular complexity index is 1420. The maximum absolute atomic E-state index is 12.7. The second-order valence-corrected chi connectivity index (χ2v) is 8.21. The third-order valence-corrected chi connectivity index (χ3v) is 5.92. The van der Waals surface area contributed by atoms with Crippen molar-refractivity contribution in [2.24, 2.45) is 13.0 Å². The highest BCUT2D eigenvalue weighted by molar-refractivity contribution is 5.99. The molecule has 0 saturated heterocycles. The van der Waals surface area contributed by atoms with E-state index in [4.69, 9.17) is 5.73 Å². The largest absolute Gasteiger partial charge is 0.383 e. The molecule has 1 amide bonds. The van der Waals surface area contributed by atoms with E-state index < -0.39 is 0 Å². The first-order valence-electron chi connectivity index (χ1n) is 10.3. The Morgan fingerprint density at radius 3 is 2.88 bits per heavy atom. The van der Waals surface area contributed by atoms with E-state index in [1.165, 1.54) is 0 Å². The SMILES string of the molecule is Cc1ccc(C#N)cc1-c1cc2cc(NC(=O)[C@H]3C[C@@H]3c3cnn(C)c3)ncc2c(N)n1. The Hall–Kier alpha value is -4.25. The highest BCUT2D eigenvalue weighted by atomic mass is 16.2. The van der Waals surface area contributed by atoms with Crippen LogP contribution in [0.2, 0.25) is 0 Å². The van der Waals surface area contributed by atoms with E-state index in [1.54, 1.807) is 29.1 Å². The Balaban J connectivity index is 1.42. The summed E-state index contributed by atoms with van der Waals surface area (Å²) in [5.74, 6) is 0.893. The van der Waals surface area contributed by atoms with Crippen molar-refractivity contribution in [1.29, 1.82) is 5.26 Å². The average Bonchev–Trinajstić information content (AvgIpc) is 3.47. The molecule has 0 bridgehead atoms. The molecule has 8 heteroatoms. The number of rotatable bonds is 4. The fourth-order valence-corrected chi connectivity index (χ4v) is 4.05. The first-order chi connectivity index (χ1) is 15.4. The number of benzene rings is 1. The van der Waals surface area contributed by atoms with E-state index in [1.807, 2.05) is 38.5 Å². The number of pyridine rings is 2. The number of fused-ring (bicyclic) bond motifs is 1. The molecule has 3 heterocycles. The monoisotopic (exact) mass is 423 g/mol.